The van der Waals surface area contributed by atoms with Crippen molar-refractivity contribution < 1.29 is 0 Å². The van der Waals surface area contributed by atoms with E-state index >= 15 is 0 Å². The van der Waals surface area contributed by atoms with Crippen molar-refractivity contribution in [3.63, 3.8) is 0 Å². The summed E-state index contributed by atoms with van der Waals surface area (Å²) in [6.45, 7) is 2.58. The molecule has 0 unspecified atom stereocenters. The maximum absolute atomic E-state index is 5.65. The van der Waals surface area contributed by atoms with E-state index < -0.39 is 0 Å². The number of fused-ring (bicyclic) bond motifs is 1. The molecule has 0 amide bonds. The highest BCUT2D eigenvalue weighted by molar-refractivity contribution is 6.02. The van der Waals surface area contributed by atoms with Crippen LogP contribution >= 0.6 is 0 Å². The second kappa shape index (κ2) is 4.46. The summed E-state index contributed by atoms with van der Waals surface area (Å²) in [4.78, 5) is 10.1. The van der Waals surface area contributed by atoms with Crippen LogP contribution in [0.4, 0.5) is 0 Å². The molecule has 4 heteroatoms. The SMILES string of the molecule is CN1CCN=C1c1ccc2[nH]cc(CCN)c2c1. The van der Waals surface area contributed by atoms with Crippen LogP contribution in [0.5, 0.6) is 0 Å². The van der Waals surface area contributed by atoms with Crippen LogP contribution in [0.25, 0.3) is 10.9 Å². The van der Waals surface area contributed by atoms with E-state index in [9.17, 15) is 0 Å². The molecule has 0 aliphatic carbocycles. The first-order valence-electron chi connectivity index (χ1n) is 6.35. The molecule has 1 aliphatic heterocycles. The lowest BCUT2D eigenvalue weighted by Crippen LogP contribution is -2.23. The van der Waals surface area contributed by atoms with Crippen molar-refractivity contribution in [1.82, 2.24) is 9.88 Å². The van der Waals surface area contributed by atoms with Crippen molar-refractivity contribution in [1.29, 1.82) is 0 Å². The van der Waals surface area contributed by atoms with E-state index in [1.165, 1.54) is 22.0 Å². The van der Waals surface area contributed by atoms with Crippen LogP contribution in [0.3, 0.4) is 0 Å². The fourth-order valence-corrected chi connectivity index (χ4v) is 2.52. The number of aromatic nitrogens is 1. The first-order chi connectivity index (χ1) is 8.79. The molecule has 0 saturated carbocycles. The van der Waals surface area contributed by atoms with Crippen molar-refractivity contribution in [3.8, 4) is 0 Å². The van der Waals surface area contributed by atoms with E-state index in [4.69, 9.17) is 5.73 Å². The Kier molecular flexibility index (Phi) is 2.80. The number of hydrogen-bond acceptors (Lipinski definition) is 3. The number of aliphatic imine (C=N–C) groups is 1. The van der Waals surface area contributed by atoms with Crippen molar-refractivity contribution >= 4 is 16.7 Å². The maximum atomic E-state index is 5.65. The summed E-state index contributed by atoms with van der Waals surface area (Å²) in [6.07, 6.45) is 2.97. The van der Waals surface area contributed by atoms with Gasteiger partial charge in [0.15, 0.2) is 0 Å². The van der Waals surface area contributed by atoms with Crippen LogP contribution < -0.4 is 5.73 Å². The van der Waals surface area contributed by atoms with E-state index in [0.29, 0.717) is 6.54 Å². The number of nitrogens with one attached hydrogen (secondary N) is 1. The Morgan fingerprint density at radius 3 is 3.06 bits per heavy atom. The highest BCUT2D eigenvalue weighted by Gasteiger charge is 2.15. The van der Waals surface area contributed by atoms with Gasteiger partial charge < -0.3 is 15.6 Å². The van der Waals surface area contributed by atoms with Gasteiger partial charge in [-0.2, -0.15) is 0 Å². The minimum atomic E-state index is 0.679. The lowest BCUT2D eigenvalue weighted by Gasteiger charge is -2.13. The summed E-state index contributed by atoms with van der Waals surface area (Å²) in [5, 5.41) is 1.26. The quantitative estimate of drug-likeness (QED) is 0.854. The number of benzene rings is 1. The van der Waals surface area contributed by atoms with Gasteiger partial charge in [-0.05, 0) is 36.7 Å². The minimum Gasteiger partial charge on any atom is -0.361 e. The summed E-state index contributed by atoms with van der Waals surface area (Å²) < 4.78 is 0. The summed E-state index contributed by atoms with van der Waals surface area (Å²) in [7, 11) is 2.09. The number of nitrogens with two attached hydrogens (primary N) is 1. The molecule has 2 heterocycles. The Morgan fingerprint density at radius 2 is 2.33 bits per heavy atom. The number of amidine groups is 1. The molecule has 0 spiro atoms. The van der Waals surface area contributed by atoms with Crippen LogP contribution in [0.2, 0.25) is 0 Å². The average molecular weight is 242 g/mol. The van der Waals surface area contributed by atoms with Gasteiger partial charge in [-0.15, -0.1) is 0 Å². The first kappa shape index (κ1) is 11.3. The Bertz CT molecular complexity index is 597. The molecular formula is C14H18N4. The van der Waals surface area contributed by atoms with Crippen LogP contribution in [0.1, 0.15) is 11.1 Å². The average Bonchev–Trinajstić information content (AvgIpc) is 2.96. The highest BCUT2D eigenvalue weighted by atomic mass is 15.2. The summed E-state index contributed by atoms with van der Waals surface area (Å²) in [5.74, 6) is 1.09. The molecule has 0 radical (unpaired) electrons. The van der Waals surface area contributed by atoms with Crippen molar-refractivity contribution in [2.75, 3.05) is 26.7 Å². The molecule has 0 saturated heterocycles. The van der Waals surface area contributed by atoms with E-state index in [-0.39, 0.29) is 0 Å². The maximum Gasteiger partial charge on any atom is 0.130 e. The van der Waals surface area contributed by atoms with Gasteiger partial charge in [0, 0.05) is 36.3 Å². The number of aromatic amines is 1. The third-order valence-corrected chi connectivity index (χ3v) is 3.50. The Labute approximate surface area is 107 Å². The predicted molar refractivity (Wildman–Crippen MR) is 75.1 cm³/mol. The monoisotopic (exact) mass is 242 g/mol. The number of hydrogen-bond donors (Lipinski definition) is 2. The second-order valence-corrected chi connectivity index (χ2v) is 4.74. The third kappa shape index (κ3) is 1.78. The third-order valence-electron chi connectivity index (χ3n) is 3.50. The van der Waals surface area contributed by atoms with Crippen LogP contribution in [0.15, 0.2) is 29.4 Å². The lowest BCUT2D eigenvalue weighted by molar-refractivity contribution is 0.557. The Hall–Kier alpha value is -1.81. The summed E-state index contributed by atoms with van der Waals surface area (Å²) in [6, 6.07) is 6.47. The van der Waals surface area contributed by atoms with E-state index in [1.54, 1.807) is 0 Å². The molecule has 1 aromatic heterocycles. The zero-order chi connectivity index (χ0) is 12.5. The Balaban J connectivity index is 2.06. The zero-order valence-electron chi connectivity index (χ0n) is 10.6. The predicted octanol–water partition coefficient (Wildman–Crippen LogP) is 1.36. The van der Waals surface area contributed by atoms with E-state index in [2.05, 4.69) is 46.3 Å². The van der Waals surface area contributed by atoms with Crippen LogP contribution in [-0.4, -0.2) is 42.4 Å². The van der Waals surface area contributed by atoms with Gasteiger partial charge in [0.2, 0.25) is 0 Å². The van der Waals surface area contributed by atoms with Crippen molar-refractivity contribution in [2.45, 2.75) is 6.42 Å². The topological polar surface area (TPSA) is 57.4 Å². The van der Waals surface area contributed by atoms with Crippen molar-refractivity contribution in [2.24, 2.45) is 10.7 Å². The molecule has 94 valence electrons. The number of rotatable bonds is 3. The van der Waals surface area contributed by atoms with Crippen molar-refractivity contribution in [3.05, 3.63) is 35.5 Å². The smallest absolute Gasteiger partial charge is 0.130 e. The van der Waals surface area contributed by atoms with Crippen LogP contribution in [0, 0.1) is 0 Å². The molecule has 1 aromatic carbocycles. The fraction of sp³-hybridized carbons (Fsp3) is 0.357. The van der Waals surface area contributed by atoms with Gasteiger partial charge in [-0.3, -0.25) is 4.99 Å². The summed E-state index contributed by atoms with van der Waals surface area (Å²) in [5.41, 5.74) is 9.30. The number of H-pyrrole nitrogens is 1. The van der Waals surface area contributed by atoms with Gasteiger partial charge >= 0.3 is 0 Å². The minimum absolute atomic E-state index is 0.679. The molecule has 3 rings (SSSR count). The normalized spacial score (nSPS) is 15.4. The highest BCUT2D eigenvalue weighted by Crippen LogP contribution is 2.21. The fourth-order valence-electron chi connectivity index (χ4n) is 2.52. The van der Waals surface area contributed by atoms with E-state index in [1.807, 2.05) is 0 Å². The number of likely N-dealkylation sites (N-methyl/N-ethyl adjacent to an activating group) is 1. The molecule has 0 bridgehead atoms. The largest absolute Gasteiger partial charge is 0.361 e. The molecule has 18 heavy (non-hydrogen) atoms. The zero-order valence-corrected chi connectivity index (χ0v) is 10.6. The second-order valence-electron chi connectivity index (χ2n) is 4.74. The van der Waals surface area contributed by atoms with Gasteiger partial charge in [-0.25, -0.2) is 0 Å². The van der Waals surface area contributed by atoms with Gasteiger partial charge in [0.05, 0.1) is 6.54 Å². The standard InChI is InChI=1S/C14H18N4/c1-18-7-6-16-14(18)10-2-3-13-12(8-10)11(4-5-15)9-17-13/h2-3,8-9,17H,4-7,15H2,1H3. The molecule has 3 N–H and O–H groups in total. The van der Waals surface area contributed by atoms with Gasteiger partial charge in [0.25, 0.3) is 0 Å². The lowest BCUT2D eigenvalue weighted by atomic mass is 10.1. The Morgan fingerprint density at radius 1 is 1.44 bits per heavy atom. The molecule has 0 fully saturated rings. The van der Waals surface area contributed by atoms with Gasteiger partial charge in [-0.1, -0.05) is 0 Å². The molecule has 4 nitrogen and oxygen atoms in total. The van der Waals surface area contributed by atoms with Gasteiger partial charge in [0.1, 0.15) is 5.84 Å². The van der Waals surface area contributed by atoms with Crippen LogP contribution in [-0.2, 0) is 6.42 Å². The molecule has 1 aliphatic rings. The molecule has 0 atom stereocenters. The first-order valence-corrected chi connectivity index (χ1v) is 6.35. The van der Waals surface area contributed by atoms with E-state index in [0.717, 1.165) is 25.3 Å². The molecular weight excluding hydrogens is 224 g/mol. The number of nitrogens with zero attached hydrogens (tertiary/aromatic N) is 2. The molecule has 2 aromatic rings. The summed E-state index contributed by atoms with van der Waals surface area (Å²) >= 11 is 0.